The van der Waals surface area contributed by atoms with Gasteiger partial charge < -0.3 is 14.7 Å². The number of amides is 1. The van der Waals surface area contributed by atoms with Crippen LogP contribution in [0.3, 0.4) is 0 Å². The van der Waals surface area contributed by atoms with Gasteiger partial charge in [0, 0.05) is 11.9 Å². The van der Waals surface area contributed by atoms with Crippen molar-refractivity contribution in [1.29, 1.82) is 0 Å². The number of carbonyl (C=O) groups is 2. The van der Waals surface area contributed by atoms with E-state index in [0.717, 1.165) is 5.56 Å². The van der Waals surface area contributed by atoms with Crippen molar-refractivity contribution in [2.45, 2.75) is 18.9 Å². The predicted molar refractivity (Wildman–Crippen MR) is 85.8 cm³/mol. The van der Waals surface area contributed by atoms with E-state index in [1.165, 1.54) is 16.2 Å². The van der Waals surface area contributed by atoms with E-state index in [2.05, 4.69) is 4.98 Å². The van der Waals surface area contributed by atoms with Gasteiger partial charge in [0.2, 0.25) is 0 Å². The second kappa shape index (κ2) is 6.37. The third kappa shape index (κ3) is 2.92. The Labute approximate surface area is 137 Å². The van der Waals surface area contributed by atoms with Crippen molar-refractivity contribution in [2.24, 2.45) is 0 Å². The number of carboxylic acid groups (broad SMARTS) is 1. The zero-order valence-electron chi connectivity index (χ0n) is 12.6. The number of aliphatic carboxylic acids is 1. The highest BCUT2D eigenvalue weighted by Crippen LogP contribution is 2.32. The van der Waals surface area contributed by atoms with Gasteiger partial charge in [0.1, 0.15) is 22.5 Å². The van der Waals surface area contributed by atoms with Crippen LogP contribution in [-0.4, -0.2) is 46.6 Å². The van der Waals surface area contributed by atoms with Crippen LogP contribution in [0.5, 0.6) is 5.75 Å². The molecule has 1 fully saturated rings. The maximum absolute atomic E-state index is 12.5. The normalized spacial score (nSPS) is 17.3. The van der Waals surface area contributed by atoms with Crippen LogP contribution in [0.2, 0.25) is 0 Å². The average Bonchev–Trinajstić information content (AvgIpc) is 3.23. The van der Waals surface area contributed by atoms with Crippen molar-refractivity contribution >= 4 is 23.2 Å². The van der Waals surface area contributed by atoms with Gasteiger partial charge in [-0.15, -0.1) is 11.3 Å². The Kier molecular flexibility index (Phi) is 4.29. The summed E-state index contributed by atoms with van der Waals surface area (Å²) in [6.07, 6.45) is 1.19. The molecule has 2 heterocycles. The van der Waals surface area contributed by atoms with E-state index in [-0.39, 0.29) is 11.6 Å². The fourth-order valence-corrected chi connectivity index (χ4v) is 3.55. The molecule has 0 radical (unpaired) electrons. The van der Waals surface area contributed by atoms with E-state index in [9.17, 15) is 14.7 Å². The molecular formula is C16H16N2O4S. The summed E-state index contributed by atoms with van der Waals surface area (Å²) in [5.41, 5.74) is 1.10. The molecule has 1 atom stereocenters. The highest BCUT2D eigenvalue weighted by atomic mass is 32.1. The number of likely N-dealkylation sites (tertiary alicyclic amines) is 1. The molecule has 3 rings (SSSR count). The van der Waals surface area contributed by atoms with Crippen LogP contribution in [0.1, 0.15) is 23.3 Å². The molecule has 1 amide bonds. The molecule has 6 nitrogen and oxygen atoms in total. The molecule has 120 valence electrons. The number of methoxy groups -OCH3 is 1. The van der Waals surface area contributed by atoms with Crippen LogP contribution in [-0.2, 0) is 4.79 Å². The molecule has 23 heavy (non-hydrogen) atoms. The Hall–Kier alpha value is -2.41. The number of benzene rings is 1. The molecule has 1 saturated heterocycles. The standard InChI is InChI=1S/C16H16N2O4S/c1-22-13-7-3-2-5-10(13)14-17-11(9-23-14)15(19)18-8-4-6-12(18)16(20)21/h2-3,5,7,9,12H,4,6,8H2,1H3,(H,20,21)/t12-/m1/s1. The number of para-hydroxylation sites is 1. The summed E-state index contributed by atoms with van der Waals surface area (Å²) in [5.74, 6) is -0.603. The molecule has 1 aromatic heterocycles. The smallest absolute Gasteiger partial charge is 0.326 e. The molecule has 0 unspecified atom stereocenters. The minimum atomic E-state index is -0.962. The Morgan fingerprint density at radius 2 is 2.17 bits per heavy atom. The maximum Gasteiger partial charge on any atom is 0.326 e. The minimum absolute atomic E-state index is 0.282. The SMILES string of the molecule is COc1ccccc1-c1nc(C(=O)N2CCC[C@@H]2C(=O)O)cs1. The molecule has 7 heteroatoms. The van der Waals surface area contributed by atoms with E-state index in [0.29, 0.717) is 30.1 Å². The van der Waals surface area contributed by atoms with Gasteiger partial charge in [-0.05, 0) is 25.0 Å². The number of carboxylic acids is 1. The van der Waals surface area contributed by atoms with E-state index in [4.69, 9.17) is 4.74 Å². The second-order valence-electron chi connectivity index (χ2n) is 5.23. The van der Waals surface area contributed by atoms with Crippen molar-refractivity contribution in [3.63, 3.8) is 0 Å². The van der Waals surface area contributed by atoms with Gasteiger partial charge in [0.15, 0.2) is 0 Å². The van der Waals surface area contributed by atoms with Gasteiger partial charge in [0.05, 0.1) is 12.7 Å². The fourth-order valence-electron chi connectivity index (χ4n) is 2.73. The van der Waals surface area contributed by atoms with Crippen LogP contribution in [0.4, 0.5) is 0 Å². The van der Waals surface area contributed by atoms with Crippen LogP contribution >= 0.6 is 11.3 Å². The van der Waals surface area contributed by atoms with Gasteiger partial charge in [-0.1, -0.05) is 12.1 Å². The molecule has 0 aliphatic carbocycles. The third-order valence-electron chi connectivity index (χ3n) is 3.86. The number of thiazole rings is 1. The average molecular weight is 332 g/mol. The van der Waals surface area contributed by atoms with Crippen molar-refractivity contribution in [3.8, 4) is 16.3 Å². The number of hydrogen-bond acceptors (Lipinski definition) is 5. The molecule has 0 spiro atoms. The lowest BCUT2D eigenvalue weighted by molar-refractivity contribution is -0.141. The summed E-state index contributed by atoms with van der Waals surface area (Å²) in [4.78, 5) is 29.5. The van der Waals surface area contributed by atoms with Gasteiger partial charge in [-0.3, -0.25) is 4.79 Å². The summed E-state index contributed by atoms with van der Waals surface area (Å²) >= 11 is 1.34. The Morgan fingerprint density at radius 3 is 2.91 bits per heavy atom. The maximum atomic E-state index is 12.5. The third-order valence-corrected chi connectivity index (χ3v) is 4.73. The van der Waals surface area contributed by atoms with Crippen LogP contribution in [0.25, 0.3) is 10.6 Å². The van der Waals surface area contributed by atoms with Crippen LogP contribution in [0, 0.1) is 0 Å². The first-order chi connectivity index (χ1) is 11.1. The first kappa shape index (κ1) is 15.5. The fraction of sp³-hybridized carbons (Fsp3) is 0.312. The van der Waals surface area contributed by atoms with Crippen LogP contribution < -0.4 is 4.74 Å². The monoisotopic (exact) mass is 332 g/mol. The number of carbonyl (C=O) groups excluding carboxylic acids is 1. The Bertz CT molecular complexity index is 743. The quantitative estimate of drug-likeness (QED) is 0.930. The highest BCUT2D eigenvalue weighted by molar-refractivity contribution is 7.13. The summed E-state index contributed by atoms with van der Waals surface area (Å²) in [5, 5.41) is 11.5. The molecule has 1 N–H and O–H groups in total. The number of hydrogen-bond donors (Lipinski definition) is 1. The van der Waals surface area contributed by atoms with E-state index in [1.54, 1.807) is 12.5 Å². The summed E-state index contributed by atoms with van der Waals surface area (Å²) in [6, 6.07) is 6.70. The van der Waals surface area contributed by atoms with Crippen molar-refractivity contribution in [2.75, 3.05) is 13.7 Å². The van der Waals surface area contributed by atoms with Crippen molar-refractivity contribution in [1.82, 2.24) is 9.88 Å². The van der Waals surface area contributed by atoms with E-state index < -0.39 is 12.0 Å². The zero-order chi connectivity index (χ0) is 16.4. The number of aromatic nitrogens is 1. The molecule has 1 aromatic carbocycles. The summed E-state index contributed by atoms with van der Waals surface area (Å²) in [6.45, 7) is 0.456. The first-order valence-corrected chi connectivity index (χ1v) is 8.12. The lowest BCUT2D eigenvalue weighted by Crippen LogP contribution is -2.40. The van der Waals surface area contributed by atoms with Crippen LogP contribution in [0.15, 0.2) is 29.6 Å². The molecular weight excluding hydrogens is 316 g/mol. The second-order valence-corrected chi connectivity index (χ2v) is 6.09. The van der Waals surface area contributed by atoms with Gasteiger partial charge in [0.25, 0.3) is 5.91 Å². The molecule has 2 aromatic rings. The summed E-state index contributed by atoms with van der Waals surface area (Å²) in [7, 11) is 1.58. The first-order valence-electron chi connectivity index (χ1n) is 7.24. The van der Waals surface area contributed by atoms with Gasteiger partial charge in [-0.25, -0.2) is 9.78 Å². The lowest BCUT2D eigenvalue weighted by atomic mass is 10.2. The number of nitrogens with zero attached hydrogens (tertiary/aromatic N) is 2. The zero-order valence-corrected chi connectivity index (χ0v) is 13.4. The van der Waals surface area contributed by atoms with Crippen molar-refractivity contribution < 1.29 is 19.4 Å². The predicted octanol–water partition coefficient (Wildman–Crippen LogP) is 2.51. The number of ether oxygens (including phenoxy) is 1. The molecule has 1 aliphatic rings. The molecule has 0 bridgehead atoms. The molecule has 1 aliphatic heterocycles. The highest BCUT2D eigenvalue weighted by Gasteiger charge is 2.35. The van der Waals surface area contributed by atoms with E-state index >= 15 is 0 Å². The molecule has 0 saturated carbocycles. The number of rotatable bonds is 4. The van der Waals surface area contributed by atoms with E-state index in [1.807, 2.05) is 24.3 Å². The van der Waals surface area contributed by atoms with Gasteiger partial charge in [-0.2, -0.15) is 0 Å². The topological polar surface area (TPSA) is 79.7 Å². The Morgan fingerprint density at radius 1 is 1.39 bits per heavy atom. The lowest BCUT2D eigenvalue weighted by Gasteiger charge is -2.20. The Balaban J connectivity index is 1.87. The minimum Gasteiger partial charge on any atom is -0.496 e. The van der Waals surface area contributed by atoms with Crippen molar-refractivity contribution in [3.05, 3.63) is 35.3 Å². The largest absolute Gasteiger partial charge is 0.496 e. The summed E-state index contributed by atoms with van der Waals surface area (Å²) < 4.78 is 5.31. The van der Waals surface area contributed by atoms with Gasteiger partial charge >= 0.3 is 5.97 Å².